The Morgan fingerprint density at radius 3 is 2.42 bits per heavy atom. The van der Waals surface area contributed by atoms with Gasteiger partial charge in [0.1, 0.15) is 12.4 Å². The summed E-state index contributed by atoms with van der Waals surface area (Å²) in [5.41, 5.74) is 0.457. The van der Waals surface area contributed by atoms with Crippen LogP contribution in [0.1, 0.15) is 16.8 Å². The molecule has 132 valence electrons. The van der Waals surface area contributed by atoms with Crippen LogP contribution in [0, 0.1) is 5.82 Å². The lowest BCUT2D eigenvalue weighted by Gasteiger charge is -2.22. The van der Waals surface area contributed by atoms with Gasteiger partial charge < -0.3 is 19.3 Å². The van der Waals surface area contributed by atoms with E-state index in [-0.39, 0.29) is 24.2 Å². The summed E-state index contributed by atoms with van der Waals surface area (Å²) >= 11 is 0. The molecule has 1 aromatic carbocycles. The number of ether oxygens (including phenoxy) is 2. The molecule has 0 aromatic heterocycles. The summed E-state index contributed by atoms with van der Waals surface area (Å²) in [5.74, 6) is -0.588. The maximum absolute atomic E-state index is 13.0. The molecule has 1 saturated heterocycles. The molecular weight excluding hydrogens is 315 g/mol. The molecule has 1 heterocycles. The van der Waals surface area contributed by atoms with E-state index in [2.05, 4.69) is 0 Å². The molecule has 2 amide bonds. The lowest BCUT2D eigenvalue weighted by atomic mass is 10.2. The van der Waals surface area contributed by atoms with Gasteiger partial charge in [0, 0.05) is 38.9 Å². The standard InChI is InChI=1S/C17H23FN2O4/c1-23-11-12-24-13-16(21)19-7-2-8-20(10-9-19)17(22)14-3-5-15(18)6-4-14/h3-6H,2,7-13H2,1H3. The number of methoxy groups -OCH3 is 1. The highest BCUT2D eigenvalue weighted by molar-refractivity contribution is 5.94. The molecule has 0 radical (unpaired) electrons. The third-order valence-electron chi connectivity index (χ3n) is 3.88. The summed E-state index contributed by atoms with van der Waals surface area (Å²) in [7, 11) is 1.58. The number of hydrogen-bond donors (Lipinski definition) is 0. The Kier molecular flexibility index (Phi) is 7.14. The molecule has 1 aliphatic heterocycles. The van der Waals surface area contributed by atoms with Gasteiger partial charge in [-0.3, -0.25) is 9.59 Å². The van der Waals surface area contributed by atoms with Gasteiger partial charge in [-0.25, -0.2) is 4.39 Å². The molecule has 1 fully saturated rings. The van der Waals surface area contributed by atoms with Crippen LogP contribution >= 0.6 is 0 Å². The van der Waals surface area contributed by atoms with Gasteiger partial charge in [-0.15, -0.1) is 0 Å². The minimum Gasteiger partial charge on any atom is -0.382 e. The molecule has 1 aliphatic rings. The molecule has 0 saturated carbocycles. The van der Waals surface area contributed by atoms with E-state index in [4.69, 9.17) is 9.47 Å². The first kappa shape index (κ1) is 18.4. The number of carbonyl (C=O) groups is 2. The maximum atomic E-state index is 13.0. The Bertz CT molecular complexity index is 550. The SMILES string of the molecule is COCCOCC(=O)N1CCCN(C(=O)c2ccc(F)cc2)CC1. The van der Waals surface area contributed by atoms with E-state index >= 15 is 0 Å². The summed E-state index contributed by atoms with van der Waals surface area (Å²) in [6, 6.07) is 5.51. The van der Waals surface area contributed by atoms with Crippen molar-refractivity contribution in [3.8, 4) is 0 Å². The molecule has 0 N–H and O–H groups in total. The van der Waals surface area contributed by atoms with Crippen LogP contribution in [0.4, 0.5) is 4.39 Å². The number of rotatable bonds is 6. The van der Waals surface area contributed by atoms with Gasteiger partial charge in [0.05, 0.1) is 13.2 Å². The topological polar surface area (TPSA) is 59.1 Å². The molecule has 0 aliphatic carbocycles. The predicted molar refractivity (Wildman–Crippen MR) is 86.2 cm³/mol. The lowest BCUT2D eigenvalue weighted by Crippen LogP contribution is -2.39. The van der Waals surface area contributed by atoms with Crippen molar-refractivity contribution in [2.24, 2.45) is 0 Å². The third-order valence-corrected chi connectivity index (χ3v) is 3.88. The van der Waals surface area contributed by atoms with E-state index in [1.165, 1.54) is 24.3 Å². The first-order valence-corrected chi connectivity index (χ1v) is 8.01. The quantitative estimate of drug-likeness (QED) is 0.731. The van der Waals surface area contributed by atoms with Crippen LogP contribution in [-0.2, 0) is 14.3 Å². The molecule has 6 nitrogen and oxygen atoms in total. The summed E-state index contributed by atoms with van der Waals surface area (Å²) < 4.78 is 23.1. The zero-order valence-corrected chi connectivity index (χ0v) is 13.9. The van der Waals surface area contributed by atoms with Crippen molar-refractivity contribution >= 4 is 11.8 Å². The average molecular weight is 338 g/mol. The lowest BCUT2D eigenvalue weighted by molar-refractivity contribution is -0.136. The summed E-state index contributed by atoms with van der Waals surface area (Å²) in [5, 5.41) is 0. The molecule has 0 atom stereocenters. The second-order valence-electron chi connectivity index (χ2n) is 5.58. The molecule has 2 rings (SSSR count). The normalized spacial score (nSPS) is 15.2. The summed E-state index contributed by atoms with van der Waals surface area (Å²) in [6.45, 7) is 2.96. The fourth-order valence-electron chi connectivity index (χ4n) is 2.54. The van der Waals surface area contributed by atoms with Crippen LogP contribution < -0.4 is 0 Å². The Labute approximate surface area is 141 Å². The Hall–Kier alpha value is -1.99. The number of amides is 2. The van der Waals surface area contributed by atoms with E-state index in [0.717, 1.165) is 0 Å². The second-order valence-corrected chi connectivity index (χ2v) is 5.58. The maximum Gasteiger partial charge on any atom is 0.253 e. The van der Waals surface area contributed by atoms with Crippen molar-refractivity contribution in [1.29, 1.82) is 0 Å². The van der Waals surface area contributed by atoms with Crippen molar-refractivity contribution in [2.45, 2.75) is 6.42 Å². The van der Waals surface area contributed by atoms with Gasteiger partial charge in [-0.1, -0.05) is 0 Å². The third kappa shape index (κ3) is 5.28. The van der Waals surface area contributed by atoms with Crippen LogP contribution in [0.25, 0.3) is 0 Å². The van der Waals surface area contributed by atoms with E-state index in [1.807, 2.05) is 0 Å². The molecule has 0 unspecified atom stereocenters. The van der Waals surface area contributed by atoms with E-state index in [9.17, 15) is 14.0 Å². The largest absolute Gasteiger partial charge is 0.382 e. The van der Waals surface area contributed by atoms with Gasteiger partial charge in [-0.05, 0) is 30.7 Å². The van der Waals surface area contributed by atoms with E-state index < -0.39 is 0 Å². The predicted octanol–water partition coefficient (Wildman–Crippen LogP) is 1.16. The van der Waals surface area contributed by atoms with Gasteiger partial charge in [0.2, 0.25) is 5.91 Å². The minimum atomic E-state index is -0.368. The van der Waals surface area contributed by atoms with Crippen molar-refractivity contribution in [3.05, 3.63) is 35.6 Å². The van der Waals surface area contributed by atoms with Crippen LogP contribution in [-0.4, -0.2) is 74.7 Å². The Morgan fingerprint density at radius 2 is 1.71 bits per heavy atom. The highest BCUT2D eigenvalue weighted by Crippen LogP contribution is 2.10. The average Bonchev–Trinajstić information content (AvgIpc) is 2.85. The van der Waals surface area contributed by atoms with Crippen LogP contribution in [0.2, 0.25) is 0 Å². The number of carbonyl (C=O) groups excluding carboxylic acids is 2. The van der Waals surface area contributed by atoms with Gasteiger partial charge in [0.25, 0.3) is 5.91 Å². The fraction of sp³-hybridized carbons (Fsp3) is 0.529. The highest BCUT2D eigenvalue weighted by Gasteiger charge is 2.22. The van der Waals surface area contributed by atoms with Crippen molar-refractivity contribution in [3.63, 3.8) is 0 Å². The molecular formula is C17H23FN2O4. The Morgan fingerprint density at radius 1 is 1.04 bits per heavy atom. The monoisotopic (exact) mass is 338 g/mol. The van der Waals surface area contributed by atoms with Gasteiger partial charge in [0.15, 0.2) is 0 Å². The minimum absolute atomic E-state index is 0.0231. The van der Waals surface area contributed by atoms with E-state index in [0.29, 0.717) is 51.4 Å². The highest BCUT2D eigenvalue weighted by atomic mass is 19.1. The second kappa shape index (κ2) is 9.34. The molecule has 1 aromatic rings. The van der Waals surface area contributed by atoms with Crippen LogP contribution in [0.5, 0.6) is 0 Å². The first-order valence-electron chi connectivity index (χ1n) is 8.01. The van der Waals surface area contributed by atoms with Crippen molar-refractivity contribution in [1.82, 2.24) is 9.80 Å². The number of halogens is 1. The number of benzene rings is 1. The van der Waals surface area contributed by atoms with Crippen LogP contribution in [0.3, 0.4) is 0 Å². The smallest absolute Gasteiger partial charge is 0.253 e. The number of nitrogens with zero attached hydrogens (tertiary/aromatic N) is 2. The molecule has 0 spiro atoms. The molecule has 24 heavy (non-hydrogen) atoms. The van der Waals surface area contributed by atoms with E-state index in [1.54, 1.807) is 16.9 Å². The first-order chi connectivity index (χ1) is 11.6. The fourth-order valence-corrected chi connectivity index (χ4v) is 2.54. The zero-order valence-electron chi connectivity index (χ0n) is 13.9. The Balaban J connectivity index is 1.84. The zero-order chi connectivity index (χ0) is 17.4. The summed E-state index contributed by atoms with van der Waals surface area (Å²) in [4.78, 5) is 28.0. The van der Waals surface area contributed by atoms with Gasteiger partial charge >= 0.3 is 0 Å². The van der Waals surface area contributed by atoms with Crippen LogP contribution in [0.15, 0.2) is 24.3 Å². The molecule has 0 bridgehead atoms. The van der Waals surface area contributed by atoms with Crippen molar-refractivity contribution in [2.75, 3.05) is 53.1 Å². The number of hydrogen-bond acceptors (Lipinski definition) is 4. The van der Waals surface area contributed by atoms with Crippen molar-refractivity contribution < 1.29 is 23.5 Å². The van der Waals surface area contributed by atoms with Gasteiger partial charge in [-0.2, -0.15) is 0 Å². The molecule has 7 heteroatoms. The summed E-state index contributed by atoms with van der Waals surface area (Å²) in [6.07, 6.45) is 0.705.